The Balaban J connectivity index is 2.13. The van der Waals surface area contributed by atoms with Gasteiger partial charge in [-0.15, -0.1) is 0 Å². The lowest BCUT2D eigenvalue weighted by Crippen LogP contribution is -2.41. The number of aliphatic hydroxyl groups is 1. The van der Waals surface area contributed by atoms with Gasteiger partial charge in [0.05, 0.1) is 0 Å². The highest BCUT2D eigenvalue weighted by Gasteiger charge is 2.05. The molecule has 1 aromatic rings. The maximum absolute atomic E-state index is 11.5. The summed E-state index contributed by atoms with van der Waals surface area (Å²) in [5, 5.41) is 14.4. The number of benzene rings is 1. The lowest BCUT2D eigenvalue weighted by atomic mass is 10.1. The quantitative estimate of drug-likeness (QED) is 0.689. The molecule has 0 aromatic heterocycles. The molecule has 3 N–H and O–H groups in total. The van der Waals surface area contributed by atoms with Crippen molar-refractivity contribution in [3.63, 3.8) is 0 Å². The summed E-state index contributed by atoms with van der Waals surface area (Å²) in [7, 11) is 0. The van der Waals surface area contributed by atoms with Crippen LogP contribution in [0.2, 0.25) is 0 Å². The predicted octanol–water partition coefficient (Wildman–Crippen LogP) is 1.69. The summed E-state index contributed by atoms with van der Waals surface area (Å²) in [6.45, 7) is 2.73. The van der Waals surface area contributed by atoms with E-state index >= 15 is 0 Å². The molecule has 0 fully saturated rings. The van der Waals surface area contributed by atoms with Gasteiger partial charge in [-0.3, -0.25) is 0 Å². The zero-order valence-electron chi connectivity index (χ0n) is 10.9. The van der Waals surface area contributed by atoms with Gasteiger partial charge in [0.1, 0.15) is 0 Å². The third-order valence-electron chi connectivity index (χ3n) is 2.71. The van der Waals surface area contributed by atoms with E-state index < -0.39 is 0 Å². The molecule has 1 aromatic carbocycles. The van der Waals surface area contributed by atoms with Gasteiger partial charge in [-0.25, -0.2) is 4.79 Å². The Hall–Kier alpha value is -1.55. The van der Waals surface area contributed by atoms with Crippen molar-refractivity contribution in [1.82, 2.24) is 10.6 Å². The molecule has 0 radical (unpaired) electrons. The highest BCUT2D eigenvalue weighted by atomic mass is 16.3. The molecule has 1 unspecified atom stereocenters. The first kappa shape index (κ1) is 14.5. The molecular weight excluding hydrogens is 228 g/mol. The number of amides is 2. The fourth-order valence-electron chi connectivity index (χ4n) is 1.71. The van der Waals surface area contributed by atoms with E-state index in [1.165, 1.54) is 5.56 Å². The first-order valence-electron chi connectivity index (χ1n) is 6.41. The molecule has 1 rings (SSSR count). The standard InChI is InChI=1S/C14H22N2O2/c1-12(6-5-11-17)16-14(18)15-10-9-13-7-3-2-4-8-13/h2-4,7-8,12,17H,5-6,9-11H2,1H3,(H2,15,16,18). The van der Waals surface area contributed by atoms with Gasteiger partial charge >= 0.3 is 6.03 Å². The maximum atomic E-state index is 11.5. The normalized spacial score (nSPS) is 11.9. The van der Waals surface area contributed by atoms with Crippen LogP contribution in [0.1, 0.15) is 25.3 Å². The van der Waals surface area contributed by atoms with Gasteiger partial charge in [-0.05, 0) is 31.7 Å². The Bertz CT molecular complexity index is 341. The lowest BCUT2D eigenvalue weighted by molar-refractivity contribution is 0.234. The largest absolute Gasteiger partial charge is 0.396 e. The average Bonchev–Trinajstić information content (AvgIpc) is 2.37. The number of nitrogens with one attached hydrogen (secondary N) is 2. The minimum atomic E-state index is -0.142. The van der Waals surface area contributed by atoms with Gasteiger partial charge in [0, 0.05) is 19.2 Å². The molecule has 0 aliphatic heterocycles. The van der Waals surface area contributed by atoms with Crippen LogP contribution < -0.4 is 10.6 Å². The average molecular weight is 250 g/mol. The number of rotatable bonds is 7. The van der Waals surface area contributed by atoms with Crippen LogP contribution in [-0.2, 0) is 6.42 Å². The third kappa shape index (κ3) is 6.25. The van der Waals surface area contributed by atoms with Gasteiger partial charge in [0.15, 0.2) is 0 Å². The van der Waals surface area contributed by atoms with E-state index in [-0.39, 0.29) is 18.7 Å². The summed E-state index contributed by atoms with van der Waals surface area (Å²) in [6.07, 6.45) is 2.34. The molecule has 100 valence electrons. The molecule has 0 saturated carbocycles. The van der Waals surface area contributed by atoms with Crippen LogP contribution in [0, 0.1) is 0 Å². The number of carbonyl (C=O) groups excluding carboxylic acids is 1. The Morgan fingerprint density at radius 2 is 2.06 bits per heavy atom. The molecule has 18 heavy (non-hydrogen) atoms. The fourth-order valence-corrected chi connectivity index (χ4v) is 1.71. The molecule has 1 atom stereocenters. The van der Waals surface area contributed by atoms with E-state index in [4.69, 9.17) is 5.11 Å². The molecular formula is C14H22N2O2. The zero-order chi connectivity index (χ0) is 13.2. The predicted molar refractivity (Wildman–Crippen MR) is 72.5 cm³/mol. The topological polar surface area (TPSA) is 61.4 Å². The molecule has 4 heteroatoms. The maximum Gasteiger partial charge on any atom is 0.315 e. The summed E-state index contributed by atoms with van der Waals surface area (Å²) in [6, 6.07) is 10.0. The molecule has 4 nitrogen and oxygen atoms in total. The fraction of sp³-hybridized carbons (Fsp3) is 0.500. The van der Waals surface area contributed by atoms with Gasteiger partial charge in [-0.2, -0.15) is 0 Å². The van der Waals surface area contributed by atoms with E-state index in [2.05, 4.69) is 10.6 Å². The van der Waals surface area contributed by atoms with Crippen molar-refractivity contribution in [2.24, 2.45) is 0 Å². The summed E-state index contributed by atoms with van der Waals surface area (Å²) in [5.74, 6) is 0. The lowest BCUT2D eigenvalue weighted by Gasteiger charge is -2.14. The molecule has 0 aliphatic rings. The molecule has 0 aliphatic carbocycles. The van der Waals surface area contributed by atoms with Crippen molar-refractivity contribution in [3.8, 4) is 0 Å². The van der Waals surface area contributed by atoms with E-state index in [1.807, 2.05) is 37.3 Å². The van der Waals surface area contributed by atoms with Gasteiger partial charge < -0.3 is 15.7 Å². The van der Waals surface area contributed by atoms with Crippen LogP contribution in [0.5, 0.6) is 0 Å². The summed E-state index contributed by atoms with van der Waals surface area (Å²) in [4.78, 5) is 11.5. The molecule has 0 bridgehead atoms. The number of carbonyl (C=O) groups is 1. The van der Waals surface area contributed by atoms with E-state index in [0.29, 0.717) is 13.0 Å². The first-order valence-corrected chi connectivity index (χ1v) is 6.41. The number of hydrogen-bond donors (Lipinski definition) is 3. The van der Waals surface area contributed by atoms with E-state index in [9.17, 15) is 4.79 Å². The Morgan fingerprint density at radius 1 is 1.33 bits per heavy atom. The molecule has 0 saturated heterocycles. The molecule has 0 heterocycles. The Morgan fingerprint density at radius 3 is 2.72 bits per heavy atom. The second-order valence-electron chi connectivity index (χ2n) is 4.40. The Kier molecular flexibility index (Phi) is 6.87. The minimum Gasteiger partial charge on any atom is -0.396 e. The summed E-state index contributed by atoms with van der Waals surface area (Å²) in [5.41, 5.74) is 1.21. The smallest absolute Gasteiger partial charge is 0.315 e. The Labute approximate surface area is 108 Å². The SMILES string of the molecule is CC(CCCO)NC(=O)NCCc1ccccc1. The monoisotopic (exact) mass is 250 g/mol. The summed E-state index contributed by atoms with van der Waals surface area (Å²) >= 11 is 0. The second kappa shape index (κ2) is 8.53. The van der Waals surface area contributed by atoms with Gasteiger partial charge in [0.2, 0.25) is 0 Å². The van der Waals surface area contributed by atoms with Crippen molar-refractivity contribution in [2.75, 3.05) is 13.2 Å². The highest BCUT2D eigenvalue weighted by Crippen LogP contribution is 1.98. The van der Waals surface area contributed by atoms with Crippen LogP contribution in [0.3, 0.4) is 0 Å². The number of aliphatic hydroxyl groups excluding tert-OH is 1. The van der Waals surface area contributed by atoms with Crippen LogP contribution in [0.4, 0.5) is 4.79 Å². The van der Waals surface area contributed by atoms with Crippen LogP contribution in [0.25, 0.3) is 0 Å². The number of urea groups is 1. The summed E-state index contributed by atoms with van der Waals surface area (Å²) < 4.78 is 0. The van der Waals surface area contributed by atoms with Crippen molar-refractivity contribution < 1.29 is 9.90 Å². The van der Waals surface area contributed by atoms with Gasteiger partial charge in [0.25, 0.3) is 0 Å². The van der Waals surface area contributed by atoms with E-state index in [0.717, 1.165) is 12.8 Å². The van der Waals surface area contributed by atoms with Crippen LogP contribution >= 0.6 is 0 Å². The molecule has 2 amide bonds. The minimum absolute atomic E-state index is 0.0916. The number of hydrogen-bond acceptors (Lipinski definition) is 2. The van der Waals surface area contributed by atoms with Crippen LogP contribution in [0.15, 0.2) is 30.3 Å². The van der Waals surface area contributed by atoms with Crippen LogP contribution in [-0.4, -0.2) is 30.3 Å². The van der Waals surface area contributed by atoms with Crippen molar-refractivity contribution in [3.05, 3.63) is 35.9 Å². The first-order chi connectivity index (χ1) is 8.72. The van der Waals surface area contributed by atoms with Crippen molar-refractivity contribution >= 4 is 6.03 Å². The van der Waals surface area contributed by atoms with Crippen molar-refractivity contribution in [1.29, 1.82) is 0 Å². The zero-order valence-corrected chi connectivity index (χ0v) is 10.9. The molecule has 0 spiro atoms. The van der Waals surface area contributed by atoms with Gasteiger partial charge in [-0.1, -0.05) is 30.3 Å². The third-order valence-corrected chi connectivity index (χ3v) is 2.71. The highest BCUT2D eigenvalue weighted by molar-refractivity contribution is 5.74. The van der Waals surface area contributed by atoms with Crippen molar-refractivity contribution in [2.45, 2.75) is 32.2 Å². The second-order valence-corrected chi connectivity index (χ2v) is 4.40. The van der Waals surface area contributed by atoms with E-state index in [1.54, 1.807) is 0 Å².